The average Bonchev–Trinajstić information content (AvgIpc) is 2.88. The maximum absolute atomic E-state index is 13.3. The zero-order valence-corrected chi connectivity index (χ0v) is 12.1. The average molecular weight is 341 g/mol. The molecule has 0 radical (unpaired) electrons. The minimum absolute atomic E-state index is 0.226. The summed E-state index contributed by atoms with van der Waals surface area (Å²) in [7, 11) is -4.64. The van der Waals surface area contributed by atoms with Crippen molar-refractivity contribution in [2.24, 2.45) is 5.73 Å². The minimum atomic E-state index is -4.80. The Labute approximate surface area is 124 Å². The van der Waals surface area contributed by atoms with E-state index in [0.29, 0.717) is 3.97 Å². The number of amides is 1. The summed E-state index contributed by atoms with van der Waals surface area (Å²) in [5.74, 6) is -1.07. The fraction of sp³-hybridized carbons (Fsp3) is 0.545. The van der Waals surface area contributed by atoms with Gasteiger partial charge in [-0.2, -0.15) is 26.3 Å². The lowest BCUT2D eigenvalue weighted by molar-refractivity contribution is -0.210. The van der Waals surface area contributed by atoms with E-state index in [1.54, 1.807) is 4.72 Å². The molecule has 124 valence electrons. The van der Waals surface area contributed by atoms with Crippen LogP contribution in [0.4, 0.5) is 13.2 Å². The summed E-state index contributed by atoms with van der Waals surface area (Å²) in [5.41, 5.74) is 1.94. The number of primary amides is 1. The first-order valence-electron chi connectivity index (χ1n) is 6.25. The first-order valence-corrected chi connectivity index (χ1v) is 7.69. The minimum Gasteiger partial charge on any atom is -0.381 e. The van der Waals surface area contributed by atoms with Gasteiger partial charge in [0.2, 0.25) is 0 Å². The molecule has 0 unspecified atom stereocenters. The fourth-order valence-electron chi connectivity index (χ4n) is 2.23. The third kappa shape index (κ3) is 2.96. The molecule has 0 bridgehead atoms. The lowest BCUT2D eigenvalue weighted by atomic mass is 9.91. The SMILES string of the molecule is NC(=O)c1cccn1S(=O)(=O)NC1(C(F)(F)F)CCOCC1. The van der Waals surface area contributed by atoms with Crippen molar-refractivity contribution in [1.82, 2.24) is 8.69 Å². The van der Waals surface area contributed by atoms with Gasteiger partial charge in [-0.3, -0.25) is 4.79 Å². The van der Waals surface area contributed by atoms with Gasteiger partial charge < -0.3 is 10.5 Å². The molecule has 1 aromatic rings. The summed E-state index contributed by atoms with van der Waals surface area (Å²) in [6, 6.07) is 2.30. The molecule has 7 nitrogen and oxygen atoms in total. The summed E-state index contributed by atoms with van der Waals surface area (Å²) in [4.78, 5) is 11.2. The molecule has 0 aliphatic carbocycles. The van der Waals surface area contributed by atoms with E-state index in [2.05, 4.69) is 0 Å². The molecule has 1 aliphatic rings. The van der Waals surface area contributed by atoms with Crippen molar-refractivity contribution in [3.05, 3.63) is 24.0 Å². The van der Waals surface area contributed by atoms with E-state index in [4.69, 9.17) is 10.5 Å². The fourth-order valence-corrected chi connectivity index (χ4v) is 3.78. The lowest BCUT2D eigenvalue weighted by Gasteiger charge is -2.38. The molecular formula is C11H14F3N3O4S. The Bertz CT molecular complexity index is 662. The molecule has 1 saturated heterocycles. The van der Waals surface area contributed by atoms with Gasteiger partial charge in [0.25, 0.3) is 5.91 Å². The maximum atomic E-state index is 13.3. The van der Waals surface area contributed by atoms with Crippen molar-refractivity contribution in [3.8, 4) is 0 Å². The summed E-state index contributed by atoms with van der Waals surface area (Å²) < 4.78 is 71.5. The van der Waals surface area contributed by atoms with Crippen LogP contribution in [0.2, 0.25) is 0 Å². The summed E-state index contributed by atoms with van der Waals surface area (Å²) >= 11 is 0. The van der Waals surface area contributed by atoms with Crippen molar-refractivity contribution >= 4 is 16.1 Å². The molecular weight excluding hydrogens is 327 g/mol. The van der Waals surface area contributed by atoms with Crippen LogP contribution >= 0.6 is 0 Å². The number of carbonyl (C=O) groups excluding carboxylic acids is 1. The van der Waals surface area contributed by atoms with Crippen LogP contribution in [0, 0.1) is 0 Å². The Morgan fingerprint density at radius 3 is 2.45 bits per heavy atom. The molecule has 2 heterocycles. The van der Waals surface area contributed by atoms with E-state index >= 15 is 0 Å². The second-order valence-electron chi connectivity index (χ2n) is 4.85. The van der Waals surface area contributed by atoms with Gasteiger partial charge in [-0.25, -0.2) is 3.97 Å². The zero-order chi connectivity index (χ0) is 16.6. The van der Waals surface area contributed by atoms with Gasteiger partial charge in [-0.15, -0.1) is 0 Å². The summed E-state index contributed by atoms with van der Waals surface area (Å²) in [6.07, 6.45) is -4.96. The first kappa shape index (κ1) is 16.8. The van der Waals surface area contributed by atoms with Gasteiger partial charge in [0.05, 0.1) is 0 Å². The third-order valence-electron chi connectivity index (χ3n) is 3.44. The number of alkyl halides is 3. The molecule has 1 fully saturated rings. The second-order valence-corrected chi connectivity index (χ2v) is 6.40. The zero-order valence-electron chi connectivity index (χ0n) is 11.3. The standard InChI is InChI=1S/C11H14F3N3O4S/c12-11(13,14)10(3-6-21-7-4-10)16-22(19,20)17-5-1-2-8(17)9(15)18/h1-2,5,16H,3-4,6-7H2,(H2,15,18). The van der Waals surface area contributed by atoms with Crippen LogP contribution in [0.3, 0.4) is 0 Å². The number of hydrogen-bond acceptors (Lipinski definition) is 4. The number of nitrogens with two attached hydrogens (primary N) is 1. The quantitative estimate of drug-likeness (QED) is 0.826. The van der Waals surface area contributed by atoms with Crippen molar-refractivity contribution in [2.75, 3.05) is 13.2 Å². The van der Waals surface area contributed by atoms with E-state index in [0.717, 1.165) is 12.3 Å². The largest absolute Gasteiger partial charge is 0.407 e. The molecule has 11 heteroatoms. The molecule has 1 amide bonds. The Kier molecular flexibility index (Phi) is 4.24. The van der Waals surface area contributed by atoms with E-state index in [1.165, 1.54) is 6.07 Å². The van der Waals surface area contributed by atoms with Gasteiger partial charge in [0.1, 0.15) is 11.2 Å². The van der Waals surface area contributed by atoms with Crippen LogP contribution in [0.15, 0.2) is 18.3 Å². The monoisotopic (exact) mass is 341 g/mol. The number of rotatable bonds is 4. The molecule has 0 saturated carbocycles. The highest BCUT2D eigenvalue weighted by Crippen LogP contribution is 2.38. The number of halogens is 3. The Balaban J connectivity index is 2.41. The van der Waals surface area contributed by atoms with E-state index < -0.39 is 46.4 Å². The second kappa shape index (κ2) is 5.56. The van der Waals surface area contributed by atoms with Gasteiger partial charge in [-0.05, 0) is 25.0 Å². The van der Waals surface area contributed by atoms with Crippen molar-refractivity contribution < 1.29 is 31.1 Å². The van der Waals surface area contributed by atoms with Gasteiger partial charge in [0, 0.05) is 19.4 Å². The van der Waals surface area contributed by atoms with Crippen LogP contribution in [0.25, 0.3) is 0 Å². The molecule has 0 atom stereocenters. The number of nitrogens with zero attached hydrogens (tertiary/aromatic N) is 1. The highest BCUT2D eigenvalue weighted by molar-refractivity contribution is 7.88. The van der Waals surface area contributed by atoms with Crippen molar-refractivity contribution in [1.29, 1.82) is 0 Å². The Hall–Kier alpha value is -1.59. The van der Waals surface area contributed by atoms with Crippen LogP contribution in [0.1, 0.15) is 23.3 Å². The molecule has 0 spiro atoms. The predicted octanol–water partition coefficient (Wildman–Crippen LogP) is 0.381. The van der Waals surface area contributed by atoms with Crippen LogP contribution in [0.5, 0.6) is 0 Å². The van der Waals surface area contributed by atoms with Gasteiger partial charge in [0.15, 0.2) is 0 Å². The van der Waals surface area contributed by atoms with Crippen molar-refractivity contribution in [2.45, 2.75) is 24.6 Å². The van der Waals surface area contributed by atoms with Gasteiger partial charge >= 0.3 is 16.4 Å². The van der Waals surface area contributed by atoms with Crippen LogP contribution < -0.4 is 10.5 Å². The molecule has 2 rings (SSSR count). The normalized spacial score (nSPS) is 19.0. The highest BCUT2D eigenvalue weighted by Gasteiger charge is 2.57. The summed E-state index contributed by atoms with van der Waals surface area (Å²) in [5, 5.41) is 0. The molecule has 22 heavy (non-hydrogen) atoms. The molecule has 1 aliphatic heterocycles. The number of aromatic nitrogens is 1. The van der Waals surface area contributed by atoms with E-state index in [-0.39, 0.29) is 13.2 Å². The highest BCUT2D eigenvalue weighted by atomic mass is 32.2. The summed E-state index contributed by atoms with van der Waals surface area (Å²) in [6.45, 7) is -0.452. The Morgan fingerprint density at radius 1 is 1.36 bits per heavy atom. The predicted molar refractivity (Wildman–Crippen MR) is 69.2 cm³/mol. The van der Waals surface area contributed by atoms with Gasteiger partial charge in [-0.1, -0.05) is 0 Å². The van der Waals surface area contributed by atoms with Crippen LogP contribution in [-0.4, -0.2) is 43.2 Å². The van der Waals surface area contributed by atoms with E-state index in [1.807, 2.05) is 0 Å². The molecule has 1 aromatic heterocycles. The van der Waals surface area contributed by atoms with Crippen molar-refractivity contribution in [3.63, 3.8) is 0 Å². The van der Waals surface area contributed by atoms with Crippen LogP contribution in [-0.2, 0) is 14.9 Å². The third-order valence-corrected chi connectivity index (χ3v) is 4.92. The number of ether oxygens (including phenoxy) is 1. The number of nitrogens with one attached hydrogen (secondary N) is 1. The van der Waals surface area contributed by atoms with E-state index in [9.17, 15) is 26.4 Å². The number of hydrogen-bond donors (Lipinski definition) is 2. The number of carbonyl (C=O) groups is 1. The first-order chi connectivity index (χ1) is 10.1. The molecule has 3 N–H and O–H groups in total. The maximum Gasteiger partial charge on any atom is 0.407 e. The topological polar surface area (TPSA) is 103 Å². The Morgan fingerprint density at radius 2 is 1.95 bits per heavy atom. The molecule has 0 aromatic carbocycles. The smallest absolute Gasteiger partial charge is 0.381 e. The lowest BCUT2D eigenvalue weighted by Crippen LogP contribution is -2.62.